The molecule has 0 unspecified atom stereocenters. The molecule has 0 atom stereocenters. The Kier molecular flexibility index (Phi) is 6.60. The Hall–Kier alpha value is -4.11. The summed E-state index contributed by atoms with van der Waals surface area (Å²) in [5.74, 6) is -0.469. The first kappa shape index (κ1) is 26.0. The summed E-state index contributed by atoms with van der Waals surface area (Å²) in [7, 11) is -8.74. The number of rotatable bonds is 6. The number of aryl methyl sites for hydroxylation is 1. The number of nitrogens with zero attached hydrogens (tertiary/aromatic N) is 3. The number of hydrogen-bond acceptors (Lipinski definition) is 7. The van der Waals surface area contributed by atoms with Crippen LogP contribution in [0.5, 0.6) is 0 Å². The lowest BCUT2D eigenvalue weighted by atomic mass is 10.1. The van der Waals surface area contributed by atoms with Crippen LogP contribution in [0.4, 0.5) is 5.69 Å². The average Bonchev–Trinajstić information content (AvgIpc) is 3.28. The number of nitrogens with one attached hydrogen (secondary N) is 1. The van der Waals surface area contributed by atoms with Crippen molar-refractivity contribution < 1.29 is 30.7 Å². The van der Waals surface area contributed by atoms with Crippen LogP contribution in [0.15, 0.2) is 85.9 Å². The highest BCUT2D eigenvalue weighted by Crippen LogP contribution is 2.25. The third-order valence-corrected chi connectivity index (χ3v) is 7.21. The van der Waals surface area contributed by atoms with Crippen molar-refractivity contribution in [1.29, 1.82) is 0 Å². The maximum absolute atomic E-state index is 12.9. The predicted molar refractivity (Wildman–Crippen MR) is 135 cm³/mol. The Labute approximate surface area is 211 Å². The molecule has 192 valence electrons. The quantitative estimate of drug-likeness (QED) is 0.312. The van der Waals surface area contributed by atoms with Crippen LogP contribution in [0.25, 0.3) is 11.8 Å². The van der Waals surface area contributed by atoms with Gasteiger partial charge in [-0.05, 0) is 74.5 Å². The summed E-state index contributed by atoms with van der Waals surface area (Å²) in [5, 5.41) is 8.17. The van der Waals surface area contributed by atoms with Crippen molar-refractivity contribution in [2.45, 2.75) is 23.6 Å². The van der Waals surface area contributed by atoms with Gasteiger partial charge in [0.15, 0.2) is 0 Å². The molecule has 0 saturated carbocycles. The number of amides is 1. The highest BCUT2D eigenvalue weighted by atomic mass is 32.2. The van der Waals surface area contributed by atoms with Crippen molar-refractivity contribution in [3.63, 3.8) is 0 Å². The van der Waals surface area contributed by atoms with Crippen LogP contribution in [0, 0.1) is 6.92 Å². The van der Waals surface area contributed by atoms with E-state index in [1.54, 1.807) is 13.8 Å². The monoisotopic (exact) mass is 544 g/mol. The lowest BCUT2D eigenvalue weighted by Gasteiger charge is -2.11. The van der Waals surface area contributed by atoms with Crippen molar-refractivity contribution in [2.75, 3.05) is 5.01 Å². The van der Waals surface area contributed by atoms with Gasteiger partial charge >= 0.3 is 0 Å². The number of aromatic nitrogens is 2. The third kappa shape index (κ3) is 5.22. The number of anilines is 1. The summed E-state index contributed by atoms with van der Waals surface area (Å²) in [4.78, 5) is 25.1. The maximum Gasteiger partial charge on any atom is 0.294 e. The van der Waals surface area contributed by atoms with Crippen LogP contribution < -0.4 is 10.6 Å². The van der Waals surface area contributed by atoms with Crippen molar-refractivity contribution >= 4 is 43.6 Å². The standard InChI is InChI=1S/C23H20N4O8S2/c1-14-20(22(28)26(24-14)16-6-10-18(11-7-16)36(30,31)32)4-3-5-21-15(2)25-27(23(21)29)17-8-12-19(13-9-17)37(33,34)35/h3-13,24H,1-2H3,(H,30,31,32)(H,33,34,35)/b4-3+,21-5+. The summed E-state index contributed by atoms with van der Waals surface area (Å²) in [6.45, 7) is 3.29. The molecule has 0 aliphatic carbocycles. The zero-order valence-corrected chi connectivity index (χ0v) is 21.0. The summed E-state index contributed by atoms with van der Waals surface area (Å²) < 4.78 is 64.3. The van der Waals surface area contributed by atoms with E-state index in [1.807, 2.05) is 0 Å². The van der Waals surface area contributed by atoms with E-state index < -0.39 is 31.7 Å². The Bertz CT molecular complexity index is 1760. The van der Waals surface area contributed by atoms with Crippen LogP contribution in [-0.2, 0) is 25.0 Å². The largest absolute Gasteiger partial charge is 0.295 e. The molecule has 12 nitrogen and oxygen atoms in total. The number of allylic oxidation sites excluding steroid dienone is 2. The Balaban J connectivity index is 1.57. The smallest absolute Gasteiger partial charge is 0.294 e. The van der Waals surface area contributed by atoms with Crippen LogP contribution in [0.2, 0.25) is 0 Å². The molecule has 1 amide bonds. The molecule has 3 aromatic rings. The lowest BCUT2D eigenvalue weighted by molar-refractivity contribution is -0.114. The van der Waals surface area contributed by atoms with Gasteiger partial charge in [0, 0.05) is 5.69 Å². The second-order valence-corrected chi connectivity index (χ2v) is 10.8. The molecule has 2 heterocycles. The van der Waals surface area contributed by atoms with Gasteiger partial charge in [-0.1, -0.05) is 6.08 Å². The average molecular weight is 545 g/mol. The minimum atomic E-state index is -4.37. The molecule has 3 N–H and O–H groups in total. The van der Waals surface area contributed by atoms with Crippen LogP contribution >= 0.6 is 0 Å². The van der Waals surface area contributed by atoms with Gasteiger partial charge in [-0.3, -0.25) is 23.8 Å². The number of benzene rings is 2. The van der Waals surface area contributed by atoms with E-state index in [-0.39, 0.29) is 15.4 Å². The lowest BCUT2D eigenvalue weighted by Crippen LogP contribution is -2.21. The van der Waals surface area contributed by atoms with E-state index in [0.717, 1.165) is 17.1 Å². The van der Waals surface area contributed by atoms with Gasteiger partial charge in [-0.2, -0.15) is 26.9 Å². The molecule has 0 radical (unpaired) electrons. The van der Waals surface area contributed by atoms with E-state index >= 15 is 0 Å². The number of hydrogen-bond donors (Lipinski definition) is 3. The molecular weight excluding hydrogens is 524 g/mol. The van der Waals surface area contributed by atoms with Crippen LogP contribution in [0.3, 0.4) is 0 Å². The fraction of sp³-hybridized carbons (Fsp3) is 0.0870. The number of aromatic amines is 1. The van der Waals surface area contributed by atoms with Gasteiger partial charge in [-0.15, -0.1) is 0 Å². The normalized spacial score (nSPS) is 15.7. The Morgan fingerprint density at radius 3 is 1.86 bits per heavy atom. The first-order chi connectivity index (χ1) is 17.3. The maximum atomic E-state index is 12.9. The highest BCUT2D eigenvalue weighted by Gasteiger charge is 2.28. The van der Waals surface area contributed by atoms with Gasteiger partial charge in [-0.25, -0.2) is 4.68 Å². The first-order valence-electron chi connectivity index (χ1n) is 10.5. The molecule has 1 aliphatic heterocycles. The number of H-pyrrole nitrogens is 1. The Morgan fingerprint density at radius 2 is 1.35 bits per heavy atom. The minimum absolute atomic E-state index is 0.254. The zero-order valence-electron chi connectivity index (χ0n) is 19.4. The molecule has 0 spiro atoms. The highest BCUT2D eigenvalue weighted by molar-refractivity contribution is 7.86. The van der Waals surface area contributed by atoms with Gasteiger partial charge in [0.25, 0.3) is 31.7 Å². The molecule has 2 aromatic carbocycles. The number of carbonyl (C=O) groups is 1. The topological polar surface area (TPSA) is 179 Å². The predicted octanol–water partition coefficient (Wildman–Crippen LogP) is 2.33. The summed E-state index contributed by atoms with van der Waals surface area (Å²) in [6, 6.07) is 10.1. The molecule has 14 heteroatoms. The fourth-order valence-electron chi connectivity index (χ4n) is 3.59. The minimum Gasteiger partial charge on any atom is -0.295 e. The van der Waals surface area contributed by atoms with Crippen LogP contribution in [-0.4, -0.2) is 47.3 Å². The summed E-state index contributed by atoms with van der Waals surface area (Å²) in [5.41, 5.74) is 1.70. The second kappa shape index (κ2) is 9.40. The van der Waals surface area contributed by atoms with Crippen molar-refractivity contribution in [2.24, 2.45) is 5.10 Å². The summed E-state index contributed by atoms with van der Waals surface area (Å²) in [6.07, 6.45) is 4.51. The molecule has 4 rings (SSSR count). The molecule has 0 fully saturated rings. The van der Waals surface area contributed by atoms with Gasteiger partial charge < -0.3 is 0 Å². The second-order valence-electron chi connectivity index (χ2n) is 7.97. The number of carbonyl (C=O) groups excluding carboxylic acids is 1. The van der Waals surface area contributed by atoms with E-state index in [1.165, 1.54) is 59.3 Å². The molecule has 37 heavy (non-hydrogen) atoms. The van der Waals surface area contributed by atoms with Gasteiger partial charge in [0.1, 0.15) is 0 Å². The van der Waals surface area contributed by atoms with Gasteiger partial charge in [0.05, 0.1) is 38.0 Å². The van der Waals surface area contributed by atoms with Crippen molar-refractivity contribution in [3.8, 4) is 5.69 Å². The van der Waals surface area contributed by atoms with E-state index in [2.05, 4.69) is 10.2 Å². The first-order valence-corrected chi connectivity index (χ1v) is 13.4. The fourth-order valence-corrected chi connectivity index (χ4v) is 4.55. The molecular formula is C23H20N4O8S2. The van der Waals surface area contributed by atoms with Crippen molar-refractivity contribution in [1.82, 2.24) is 9.78 Å². The molecule has 1 aromatic heterocycles. The zero-order chi connectivity index (χ0) is 27.1. The molecule has 0 saturated heterocycles. The van der Waals surface area contributed by atoms with Crippen molar-refractivity contribution in [3.05, 3.63) is 87.9 Å². The Morgan fingerprint density at radius 1 is 0.838 bits per heavy atom. The summed E-state index contributed by atoms with van der Waals surface area (Å²) >= 11 is 0. The van der Waals surface area contributed by atoms with E-state index in [0.29, 0.717) is 28.3 Å². The number of hydrazone groups is 1. The van der Waals surface area contributed by atoms with E-state index in [4.69, 9.17) is 9.11 Å². The third-order valence-electron chi connectivity index (χ3n) is 5.48. The van der Waals surface area contributed by atoms with Crippen LogP contribution in [0.1, 0.15) is 18.2 Å². The van der Waals surface area contributed by atoms with Gasteiger partial charge in [0.2, 0.25) is 0 Å². The van der Waals surface area contributed by atoms with E-state index in [9.17, 15) is 26.4 Å². The SMILES string of the molecule is CC1=NN(c2ccc(S(=O)(=O)O)cc2)C(=O)/C1=C/C=C/c1c(C)[nH]n(-c2ccc(S(=O)(=O)O)cc2)c1=O. The molecule has 1 aliphatic rings. The molecule has 0 bridgehead atoms.